The number of allylic oxidation sites excluding steroid dienone is 1. The smallest absolute Gasteiger partial charge is 0.360 e. The molecule has 0 aromatic heterocycles. The van der Waals surface area contributed by atoms with Gasteiger partial charge >= 0.3 is 11.9 Å². The van der Waals surface area contributed by atoms with Gasteiger partial charge in [0, 0.05) is 16.9 Å². The number of carbonyl (C=O) groups excluding carboxylic acids is 3. The zero-order valence-corrected chi connectivity index (χ0v) is 15.0. The van der Waals surface area contributed by atoms with Gasteiger partial charge in [0.25, 0.3) is 6.29 Å². The summed E-state index contributed by atoms with van der Waals surface area (Å²) in [5.74, 6) is -1.36. The first-order chi connectivity index (χ1) is 13.6. The third kappa shape index (κ3) is 2.26. The van der Waals surface area contributed by atoms with E-state index in [1.165, 1.54) is 4.90 Å². The van der Waals surface area contributed by atoms with E-state index in [-0.39, 0.29) is 17.8 Å². The molecule has 28 heavy (non-hydrogen) atoms. The predicted molar refractivity (Wildman–Crippen MR) is 97.6 cm³/mol. The van der Waals surface area contributed by atoms with Crippen molar-refractivity contribution in [2.45, 2.75) is 25.8 Å². The average Bonchev–Trinajstić information content (AvgIpc) is 3.14. The van der Waals surface area contributed by atoms with Crippen molar-refractivity contribution in [1.29, 1.82) is 0 Å². The summed E-state index contributed by atoms with van der Waals surface area (Å²) in [6.07, 6.45) is -1.03. The van der Waals surface area contributed by atoms with Crippen molar-refractivity contribution in [3.63, 3.8) is 0 Å². The van der Waals surface area contributed by atoms with E-state index in [9.17, 15) is 14.4 Å². The molecular weight excluding hydrogens is 360 g/mol. The zero-order chi connectivity index (χ0) is 19.4. The summed E-state index contributed by atoms with van der Waals surface area (Å²) < 4.78 is 10.7. The molecule has 0 N–H and O–H groups in total. The predicted octanol–water partition coefficient (Wildman–Crippen LogP) is 2.71. The molecule has 7 heteroatoms. The lowest BCUT2D eigenvalue weighted by Crippen LogP contribution is -2.55. The SMILES string of the molecule is CC1=C(C(=O)OC2OC(=O)c3ccccc32)N2C(=O)CC2N1c1ccccc1. The first-order valence-electron chi connectivity index (χ1n) is 8.94. The summed E-state index contributed by atoms with van der Waals surface area (Å²) in [6.45, 7) is 1.78. The van der Waals surface area contributed by atoms with Crippen LogP contribution in [0.3, 0.4) is 0 Å². The lowest BCUT2D eigenvalue weighted by molar-refractivity contribution is -0.168. The number of anilines is 1. The lowest BCUT2D eigenvalue weighted by atomic mass is 10.1. The van der Waals surface area contributed by atoms with E-state index < -0.39 is 18.2 Å². The van der Waals surface area contributed by atoms with E-state index in [1.807, 2.05) is 35.2 Å². The zero-order valence-electron chi connectivity index (χ0n) is 15.0. The summed E-state index contributed by atoms with van der Waals surface area (Å²) >= 11 is 0. The first kappa shape index (κ1) is 16.6. The van der Waals surface area contributed by atoms with E-state index in [0.29, 0.717) is 23.2 Å². The largest absolute Gasteiger partial charge is 0.417 e. The van der Waals surface area contributed by atoms with E-state index >= 15 is 0 Å². The molecule has 1 fully saturated rings. The second-order valence-electron chi connectivity index (χ2n) is 6.82. The molecule has 2 atom stereocenters. The van der Waals surface area contributed by atoms with Gasteiger partial charge in [-0.2, -0.15) is 0 Å². The first-order valence-corrected chi connectivity index (χ1v) is 8.94. The van der Waals surface area contributed by atoms with Crippen molar-refractivity contribution < 1.29 is 23.9 Å². The van der Waals surface area contributed by atoms with Gasteiger partial charge in [-0.25, -0.2) is 9.59 Å². The van der Waals surface area contributed by atoms with Gasteiger partial charge in [-0.05, 0) is 25.1 Å². The monoisotopic (exact) mass is 376 g/mol. The van der Waals surface area contributed by atoms with Gasteiger partial charge in [-0.3, -0.25) is 9.69 Å². The number of cyclic esters (lactones) is 1. The van der Waals surface area contributed by atoms with Crippen molar-refractivity contribution in [1.82, 2.24) is 4.90 Å². The Balaban J connectivity index is 1.46. The van der Waals surface area contributed by atoms with Crippen LogP contribution in [0.2, 0.25) is 0 Å². The fourth-order valence-electron chi connectivity index (χ4n) is 3.95. The quantitative estimate of drug-likeness (QED) is 0.606. The molecule has 0 saturated carbocycles. The Hall–Kier alpha value is -3.61. The van der Waals surface area contributed by atoms with E-state index in [2.05, 4.69) is 0 Å². The molecule has 2 aromatic rings. The fraction of sp³-hybridized carbons (Fsp3) is 0.190. The average molecular weight is 376 g/mol. The Bertz CT molecular complexity index is 1050. The highest BCUT2D eigenvalue weighted by Gasteiger charge is 2.52. The van der Waals surface area contributed by atoms with E-state index in [1.54, 1.807) is 31.2 Å². The number of hydrogen-bond donors (Lipinski definition) is 0. The van der Waals surface area contributed by atoms with Crippen molar-refractivity contribution >= 4 is 23.5 Å². The number of para-hydroxylation sites is 1. The molecule has 0 radical (unpaired) electrons. The number of ether oxygens (including phenoxy) is 2. The van der Waals surface area contributed by atoms with E-state index in [0.717, 1.165) is 5.69 Å². The molecule has 0 aliphatic carbocycles. The van der Waals surface area contributed by atoms with Gasteiger partial charge in [0.15, 0.2) is 5.70 Å². The number of β-lactam (4-membered cyclic amide) rings is 1. The minimum absolute atomic E-state index is 0.140. The summed E-state index contributed by atoms with van der Waals surface area (Å²) in [5, 5.41) is 0. The van der Waals surface area contributed by atoms with Crippen molar-refractivity contribution in [3.05, 3.63) is 77.1 Å². The molecule has 2 unspecified atom stereocenters. The summed E-state index contributed by atoms with van der Waals surface area (Å²) in [4.78, 5) is 40.5. The van der Waals surface area contributed by atoms with Crippen LogP contribution in [0.1, 0.15) is 35.6 Å². The Morgan fingerprint density at radius 3 is 2.50 bits per heavy atom. The lowest BCUT2D eigenvalue weighted by Gasteiger charge is -2.40. The maximum absolute atomic E-state index is 12.9. The number of esters is 2. The van der Waals surface area contributed by atoms with Gasteiger partial charge in [0.05, 0.1) is 12.0 Å². The number of amides is 1. The van der Waals surface area contributed by atoms with Crippen LogP contribution in [0.5, 0.6) is 0 Å². The molecular formula is C21H16N2O5. The molecule has 1 saturated heterocycles. The maximum Gasteiger partial charge on any atom is 0.360 e. The van der Waals surface area contributed by atoms with Crippen LogP contribution in [0, 0.1) is 0 Å². The molecule has 5 rings (SSSR count). The number of hydrogen-bond acceptors (Lipinski definition) is 6. The standard InChI is InChI=1S/C21H16N2O5/c1-12-18(20(26)28-21-15-10-6-5-9-14(15)19(25)27-21)23-16(11-17(23)24)22(12)13-7-3-2-4-8-13/h2-10,16,21H,11H2,1H3. The molecule has 140 valence electrons. The summed E-state index contributed by atoms with van der Waals surface area (Å²) in [5.41, 5.74) is 2.59. The second kappa shape index (κ2) is 5.95. The summed E-state index contributed by atoms with van der Waals surface area (Å²) in [6, 6.07) is 16.3. The molecule has 2 aromatic carbocycles. The van der Waals surface area contributed by atoms with Gasteiger partial charge in [-0.1, -0.05) is 36.4 Å². The molecule has 3 aliphatic heterocycles. The van der Waals surface area contributed by atoms with Crippen LogP contribution in [-0.4, -0.2) is 28.9 Å². The normalized spacial score (nSPS) is 22.6. The topological polar surface area (TPSA) is 76.1 Å². The van der Waals surface area contributed by atoms with Crippen LogP contribution >= 0.6 is 0 Å². The van der Waals surface area contributed by atoms with E-state index in [4.69, 9.17) is 9.47 Å². The Labute approximate surface area is 160 Å². The van der Waals surface area contributed by atoms with Crippen LogP contribution in [0.4, 0.5) is 5.69 Å². The third-order valence-corrected chi connectivity index (χ3v) is 5.26. The molecule has 0 bridgehead atoms. The Kier molecular flexibility index (Phi) is 3.52. The number of fused-ring (bicyclic) bond motifs is 2. The number of carbonyl (C=O) groups is 3. The molecule has 7 nitrogen and oxygen atoms in total. The third-order valence-electron chi connectivity index (χ3n) is 5.26. The molecule has 3 heterocycles. The molecule has 3 aliphatic rings. The van der Waals surface area contributed by atoms with Crippen LogP contribution in [0.25, 0.3) is 0 Å². The number of rotatable bonds is 3. The van der Waals surface area contributed by atoms with Gasteiger partial charge in [-0.15, -0.1) is 0 Å². The summed E-state index contributed by atoms with van der Waals surface area (Å²) in [7, 11) is 0. The van der Waals surface area contributed by atoms with Gasteiger partial charge in [0.1, 0.15) is 6.17 Å². The second-order valence-corrected chi connectivity index (χ2v) is 6.82. The maximum atomic E-state index is 12.9. The van der Waals surface area contributed by atoms with Gasteiger partial charge < -0.3 is 14.4 Å². The minimum atomic E-state index is -1.11. The highest BCUT2D eigenvalue weighted by molar-refractivity contribution is 6.01. The van der Waals surface area contributed by atoms with Crippen molar-refractivity contribution in [2.24, 2.45) is 0 Å². The number of nitrogens with zero attached hydrogens (tertiary/aromatic N) is 2. The fourth-order valence-corrected chi connectivity index (χ4v) is 3.95. The number of benzene rings is 2. The van der Waals surface area contributed by atoms with Crippen LogP contribution in [0.15, 0.2) is 66.0 Å². The Morgan fingerprint density at radius 1 is 1.04 bits per heavy atom. The van der Waals surface area contributed by atoms with Crippen molar-refractivity contribution in [2.75, 3.05) is 4.90 Å². The Morgan fingerprint density at radius 2 is 1.75 bits per heavy atom. The van der Waals surface area contributed by atoms with Gasteiger partial charge in [0.2, 0.25) is 5.91 Å². The highest BCUT2D eigenvalue weighted by atomic mass is 16.7. The molecule has 1 amide bonds. The van der Waals surface area contributed by atoms with Crippen LogP contribution in [-0.2, 0) is 19.1 Å². The highest BCUT2D eigenvalue weighted by Crippen LogP contribution is 2.42. The molecule has 0 spiro atoms. The minimum Gasteiger partial charge on any atom is -0.417 e. The van der Waals surface area contributed by atoms with Crippen LogP contribution < -0.4 is 4.90 Å². The van der Waals surface area contributed by atoms with Crippen molar-refractivity contribution in [3.8, 4) is 0 Å².